The minimum atomic E-state index is -6.64. The van der Waals surface area contributed by atoms with E-state index in [0.717, 1.165) is 0 Å². The lowest BCUT2D eigenvalue weighted by Crippen LogP contribution is -2.57. The highest BCUT2D eigenvalue weighted by atomic mass is 19.4. The van der Waals surface area contributed by atoms with E-state index in [4.69, 9.17) is 5.11 Å². The van der Waals surface area contributed by atoms with Crippen LogP contribution in [0.2, 0.25) is 0 Å². The van der Waals surface area contributed by atoms with E-state index in [1.807, 2.05) is 0 Å². The number of hydrogen-bond acceptors (Lipinski definition) is 1. The van der Waals surface area contributed by atoms with Gasteiger partial charge in [0.25, 0.3) is 0 Å². The summed E-state index contributed by atoms with van der Waals surface area (Å²) in [5, 5.41) is 7.96. The van der Waals surface area contributed by atoms with Crippen LogP contribution in [0.15, 0.2) is 11.9 Å². The third-order valence-corrected chi connectivity index (χ3v) is 1.30. The molecule has 0 unspecified atom stereocenters. The third kappa shape index (κ3) is 2.19. The molecule has 0 aliphatic heterocycles. The Morgan fingerprint density at radius 2 is 1.00 bits per heavy atom. The minimum Gasteiger partial charge on any atom is -0.368 e. The Labute approximate surface area is 75.8 Å². The van der Waals surface area contributed by atoms with Gasteiger partial charge in [-0.25, -0.2) is 4.39 Å². The normalized spacial score (nSPS) is 14.0. The Hall–Kier alpha value is -0.930. The van der Waals surface area contributed by atoms with Crippen molar-refractivity contribution >= 4 is 0 Å². The van der Waals surface area contributed by atoms with Gasteiger partial charge in [0.05, 0.1) is 0 Å². The van der Waals surface area contributed by atoms with Gasteiger partial charge in [0.1, 0.15) is 0 Å². The average Bonchev–Trinajstić information content (AvgIpc) is 1.96. The van der Waals surface area contributed by atoms with Crippen molar-refractivity contribution in [2.24, 2.45) is 0 Å². The zero-order valence-corrected chi connectivity index (χ0v) is 6.35. The topological polar surface area (TPSA) is 20.2 Å². The Morgan fingerprint density at radius 1 is 0.733 bits per heavy atom. The predicted molar refractivity (Wildman–Crippen MR) is 27.4 cm³/mol. The van der Waals surface area contributed by atoms with Gasteiger partial charge in [-0.05, 0) is 0 Å². The van der Waals surface area contributed by atoms with Crippen LogP contribution in [0.25, 0.3) is 0 Å². The Balaban J connectivity index is 5.77. The number of hydrogen-bond donors (Lipinski definition) is 1. The summed E-state index contributed by atoms with van der Waals surface area (Å²) >= 11 is 0. The van der Waals surface area contributed by atoms with Crippen molar-refractivity contribution in [1.82, 2.24) is 0 Å². The van der Waals surface area contributed by atoms with Gasteiger partial charge in [0.15, 0.2) is 0 Å². The van der Waals surface area contributed by atoms with Crippen molar-refractivity contribution in [3.63, 3.8) is 0 Å². The summed E-state index contributed by atoms with van der Waals surface area (Å²) in [6, 6.07) is 0. The van der Waals surface area contributed by atoms with Crippen molar-refractivity contribution in [2.75, 3.05) is 0 Å². The van der Waals surface area contributed by atoms with Crippen molar-refractivity contribution < 1.29 is 44.6 Å². The first-order valence-corrected chi connectivity index (χ1v) is 2.92. The first-order chi connectivity index (χ1) is 6.35. The maximum absolute atomic E-state index is 12.0. The van der Waals surface area contributed by atoms with Crippen LogP contribution in [0, 0.1) is 0 Å². The molecule has 0 aromatic carbocycles. The molecule has 10 heteroatoms. The molecular weight excluding hydrogens is 247 g/mol. The van der Waals surface area contributed by atoms with Crippen molar-refractivity contribution in [3.05, 3.63) is 11.9 Å². The first-order valence-electron chi connectivity index (χ1n) is 2.92. The summed E-state index contributed by atoms with van der Waals surface area (Å²) in [5.41, 5.74) is -6.18. The maximum Gasteiger partial charge on any atom is 0.433 e. The molecule has 1 nitrogen and oxygen atoms in total. The van der Waals surface area contributed by atoms with Crippen LogP contribution in [-0.4, -0.2) is 23.1 Å². The molecule has 0 fully saturated rings. The molecule has 0 heterocycles. The number of alkyl halides is 6. The molecule has 90 valence electrons. The summed E-state index contributed by atoms with van der Waals surface area (Å²) in [7, 11) is 0. The highest BCUT2D eigenvalue weighted by Crippen LogP contribution is 2.48. The molecule has 0 spiro atoms. The van der Waals surface area contributed by atoms with E-state index in [1.54, 1.807) is 0 Å². The Bertz CT molecular complexity index is 253. The van der Waals surface area contributed by atoms with Gasteiger partial charge < -0.3 is 5.11 Å². The van der Waals surface area contributed by atoms with E-state index in [1.165, 1.54) is 0 Å². The smallest absolute Gasteiger partial charge is 0.368 e. The number of halogens is 9. The molecule has 0 aromatic rings. The monoisotopic (exact) mass is 248 g/mol. The van der Waals surface area contributed by atoms with E-state index < -0.39 is 29.9 Å². The van der Waals surface area contributed by atoms with E-state index in [9.17, 15) is 39.5 Å². The molecule has 0 aromatic heterocycles. The summed E-state index contributed by atoms with van der Waals surface area (Å²) < 4.78 is 104. The van der Waals surface area contributed by atoms with E-state index in [0.29, 0.717) is 0 Å². The fraction of sp³-hybridized carbons (Fsp3) is 0.600. The zero-order chi connectivity index (χ0) is 12.7. The highest BCUT2D eigenvalue weighted by molar-refractivity contribution is 5.17. The molecule has 0 atom stereocenters. The lowest BCUT2D eigenvalue weighted by atomic mass is 10.0. The van der Waals surface area contributed by atoms with Gasteiger partial charge in [-0.3, -0.25) is 0 Å². The first kappa shape index (κ1) is 14.1. The van der Waals surface area contributed by atoms with Crippen LogP contribution in [0.5, 0.6) is 0 Å². The van der Waals surface area contributed by atoms with Gasteiger partial charge in [-0.2, -0.15) is 35.1 Å². The second-order valence-corrected chi connectivity index (χ2v) is 2.28. The van der Waals surface area contributed by atoms with Gasteiger partial charge in [-0.1, -0.05) is 0 Å². The lowest BCUT2D eigenvalue weighted by Gasteiger charge is -2.29. The summed E-state index contributed by atoms with van der Waals surface area (Å²) in [4.78, 5) is 0. The van der Waals surface area contributed by atoms with Crippen molar-refractivity contribution in [1.29, 1.82) is 0 Å². The molecule has 0 rings (SSSR count). The predicted octanol–water partition coefficient (Wildman–Crippen LogP) is 2.92. The summed E-state index contributed by atoms with van der Waals surface area (Å²) in [6.45, 7) is 0. The Kier molecular flexibility index (Phi) is 3.36. The van der Waals surface area contributed by atoms with Crippen LogP contribution < -0.4 is 0 Å². The fourth-order valence-electron chi connectivity index (χ4n) is 0.546. The van der Waals surface area contributed by atoms with E-state index in [2.05, 4.69) is 0 Å². The molecular formula is C5HF9O. The molecule has 0 aliphatic carbocycles. The van der Waals surface area contributed by atoms with Gasteiger partial charge in [-0.15, -0.1) is 0 Å². The molecule has 0 amide bonds. The number of aliphatic hydroxyl groups is 1. The summed E-state index contributed by atoms with van der Waals surface area (Å²) in [5.74, 6) is -3.98. The van der Waals surface area contributed by atoms with Crippen LogP contribution >= 0.6 is 0 Å². The third-order valence-electron chi connectivity index (χ3n) is 1.30. The van der Waals surface area contributed by atoms with Gasteiger partial charge in [0.2, 0.25) is 5.83 Å². The fourth-order valence-corrected chi connectivity index (χ4v) is 0.546. The van der Waals surface area contributed by atoms with E-state index >= 15 is 0 Å². The summed E-state index contributed by atoms with van der Waals surface area (Å²) in [6.07, 6.45) is -17.2. The maximum atomic E-state index is 12.0. The Morgan fingerprint density at radius 3 is 1.07 bits per heavy atom. The van der Waals surface area contributed by atoms with Gasteiger partial charge >= 0.3 is 24.0 Å². The van der Waals surface area contributed by atoms with E-state index in [-0.39, 0.29) is 0 Å². The molecule has 1 N–H and O–H groups in total. The largest absolute Gasteiger partial charge is 0.433 e. The van der Waals surface area contributed by atoms with Crippen molar-refractivity contribution in [2.45, 2.75) is 18.0 Å². The van der Waals surface area contributed by atoms with Crippen molar-refractivity contribution in [3.8, 4) is 0 Å². The number of rotatable bonds is 1. The standard InChI is InChI=1S/C5HF9O/c6-1(2(7)8)3(15,4(9,10)11)5(12,13)14/h15H. The van der Waals surface area contributed by atoms with Crippen LogP contribution in [0.3, 0.4) is 0 Å². The molecule has 0 radical (unpaired) electrons. The quantitative estimate of drug-likeness (QED) is 0.707. The molecule has 0 bridgehead atoms. The van der Waals surface area contributed by atoms with Crippen LogP contribution in [0.1, 0.15) is 0 Å². The average molecular weight is 248 g/mol. The molecule has 0 saturated heterocycles. The molecule has 15 heavy (non-hydrogen) atoms. The molecule has 0 aliphatic rings. The lowest BCUT2D eigenvalue weighted by molar-refractivity contribution is -0.358. The second kappa shape index (κ2) is 3.58. The zero-order valence-electron chi connectivity index (χ0n) is 6.35. The highest BCUT2D eigenvalue weighted by Gasteiger charge is 2.74. The van der Waals surface area contributed by atoms with Gasteiger partial charge in [0, 0.05) is 0 Å². The molecule has 0 saturated carbocycles. The SMILES string of the molecule is OC(C(F)=C(F)F)(C(F)(F)F)C(F)(F)F. The minimum absolute atomic E-state index is 3.90. The van der Waals surface area contributed by atoms with Crippen LogP contribution in [0.4, 0.5) is 39.5 Å². The second-order valence-electron chi connectivity index (χ2n) is 2.28. The van der Waals surface area contributed by atoms with Crippen LogP contribution in [-0.2, 0) is 0 Å².